The monoisotopic (exact) mass is 349 g/mol. The molecule has 0 aliphatic heterocycles. The zero-order valence-electron chi connectivity index (χ0n) is 15.3. The van der Waals surface area contributed by atoms with Crippen molar-refractivity contribution in [2.45, 2.75) is 0 Å². The third kappa shape index (κ3) is 3.60. The normalized spacial score (nSPS) is 10.0. The topological polar surface area (TPSA) is 67.4 Å². The van der Waals surface area contributed by atoms with E-state index in [0.717, 1.165) is 0 Å². The van der Waals surface area contributed by atoms with Gasteiger partial charge in [0.25, 0.3) is 0 Å². The number of hydrogen-bond donors (Lipinski definition) is 1. The molecule has 0 atom stereocenters. The lowest BCUT2D eigenvalue weighted by molar-refractivity contribution is 0.325. The van der Waals surface area contributed by atoms with Gasteiger partial charge >= 0.3 is 0 Å². The summed E-state index contributed by atoms with van der Waals surface area (Å²) in [5, 5.41) is 3.27. The van der Waals surface area contributed by atoms with Crippen LogP contribution in [0.25, 0.3) is 0 Å². The summed E-state index contributed by atoms with van der Waals surface area (Å²) in [6.45, 7) is 0. The molecule has 0 bridgehead atoms. The molecule has 0 spiro atoms. The second-order valence-electron chi connectivity index (χ2n) is 4.91. The summed E-state index contributed by atoms with van der Waals surface area (Å²) in [5.41, 5.74) is 1.37. The lowest BCUT2D eigenvalue weighted by atomic mass is 10.2. The van der Waals surface area contributed by atoms with Gasteiger partial charge in [0, 0.05) is 12.1 Å². The van der Waals surface area contributed by atoms with E-state index < -0.39 is 0 Å². The van der Waals surface area contributed by atoms with Crippen molar-refractivity contribution in [3.63, 3.8) is 0 Å². The van der Waals surface area contributed by atoms with E-state index in [9.17, 15) is 0 Å². The molecule has 0 saturated carbocycles. The standard InChI is InChI=1S/C18H23NO6/c1-20-13-8-7-11(17(24-5)18(13)25-6)19-12-9-15(22-3)16(23-4)10-14(12)21-2/h7-10,19H,1-6H3. The molecule has 2 rings (SSSR count). The predicted molar refractivity (Wildman–Crippen MR) is 95.5 cm³/mol. The van der Waals surface area contributed by atoms with Crippen molar-refractivity contribution in [2.75, 3.05) is 48.0 Å². The van der Waals surface area contributed by atoms with Gasteiger partial charge in [0.1, 0.15) is 5.75 Å². The van der Waals surface area contributed by atoms with E-state index in [1.165, 1.54) is 0 Å². The first-order valence-corrected chi connectivity index (χ1v) is 7.49. The molecule has 0 saturated heterocycles. The van der Waals surface area contributed by atoms with Gasteiger partial charge in [-0.25, -0.2) is 0 Å². The summed E-state index contributed by atoms with van der Waals surface area (Å²) in [4.78, 5) is 0. The summed E-state index contributed by atoms with van der Waals surface area (Å²) < 4.78 is 32.3. The van der Waals surface area contributed by atoms with E-state index in [1.807, 2.05) is 6.07 Å². The van der Waals surface area contributed by atoms with Crippen LogP contribution in [0.4, 0.5) is 11.4 Å². The minimum atomic E-state index is 0.495. The maximum atomic E-state index is 5.49. The van der Waals surface area contributed by atoms with Crippen LogP contribution < -0.4 is 33.7 Å². The largest absolute Gasteiger partial charge is 0.494 e. The van der Waals surface area contributed by atoms with Crippen LogP contribution in [0, 0.1) is 0 Å². The molecule has 7 nitrogen and oxygen atoms in total. The van der Waals surface area contributed by atoms with Crippen LogP contribution >= 0.6 is 0 Å². The number of hydrogen-bond acceptors (Lipinski definition) is 7. The Hall–Kier alpha value is -2.96. The quantitative estimate of drug-likeness (QED) is 0.782. The predicted octanol–water partition coefficient (Wildman–Crippen LogP) is 3.48. The first-order chi connectivity index (χ1) is 12.1. The molecule has 0 unspecified atom stereocenters. The zero-order chi connectivity index (χ0) is 18.4. The Morgan fingerprint density at radius 3 is 1.60 bits per heavy atom. The van der Waals surface area contributed by atoms with Gasteiger partial charge in [0.2, 0.25) is 5.75 Å². The number of ether oxygens (including phenoxy) is 6. The van der Waals surface area contributed by atoms with Gasteiger partial charge in [-0.05, 0) is 12.1 Å². The van der Waals surface area contributed by atoms with Crippen molar-refractivity contribution in [3.05, 3.63) is 24.3 Å². The van der Waals surface area contributed by atoms with Crippen molar-refractivity contribution in [3.8, 4) is 34.5 Å². The first-order valence-electron chi connectivity index (χ1n) is 7.49. The second kappa shape index (κ2) is 8.23. The van der Waals surface area contributed by atoms with E-state index >= 15 is 0 Å². The van der Waals surface area contributed by atoms with Crippen molar-refractivity contribution < 1.29 is 28.4 Å². The van der Waals surface area contributed by atoms with Gasteiger partial charge in [-0.2, -0.15) is 0 Å². The number of anilines is 2. The molecule has 0 radical (unpaired) electrons. The molecule has 7 heteroatoms. The molecule has 2 aromatic carbocycles. The molecule has 0 aromatic heterocycles. The average Bonchev–Trinajstić information content (AvgIpc) is 2.66. The minimum absolute atomic E-state index is 0.495. The van der Waals surface area contributed by atoms with Gasteiger partial charge in [-0.1, -0.05) is 0 Å². The Balaban J connectivity index is 2.52. The highest BCUT2D eigenvalue weighted by atomic mass is 16.5. The second-order valence-corrected chi connectivity index (χ2v) is 4.91. The van der Waals surface area contributed by atoms with Crippen LogP contribution in [0.3, 0.4) is 0 Å². The summed E-state index contributed by atoms with van der Waals surface area (Å²) >= 11 is 0. The fourth-order valence-electron chi connectivity index (χ4n) is 2.47. The van der Waals surface area contributed by atoms with Crippen molar-refractivity contribution >= 4 is 11.4 Å². The summed E-state index contributed by atoms with van der Waals surface area (Å²) in [5.74, 6) is 3.32. The molecular formula is C18H23NO6. The highest BCUT2D eigenvalue weighted by Gasteiger charge is 2.18. The smallest absolute Gasteiger partial charge is 0.205 e. The van der Waals surface area contributed by atoms with Crippen LogP contribution in [0.2, 0.25) is 0 Å². The number of nitrogens with one attached hydrogen (secondary N) is 1. The van der Waals surface area contributed by atoms with Crippen molar-refractivity contribution in [1.29, 1.82) is 0 Å². The van der Waals surface area contributed by atoms with E-state index in [0.29, 0.717) is 45.9 Å². The fourth-order valence-corrected chi connectivity index (χ4v) is 2.47. The lowest BCUT2D eigenvalue weighted by Gasteiger charge is -2.19. The molecule has 0 fully saturated rings. The van der Waals surface area contributed by atoms with E-state index in [4.69, 9.17) is 28.4 Å². The van der Waals surface area contributed by atoms with Crippen LogP contribution in [0.5, 0.6) is 34.5 Å². The van der Waals surface area contributed by atoms with Crippen LogP contribution in [0.1, 0.15) is 0 Å². The number of benzene rings is 2. The zero-order valence-corrected chi connectivity index (χ0v) is 15.3. The average molecular weight is 349 g/mol. The Morgan fingerprint density at radius 1 is 0.520 bits per heavy atom. The lowest BCUT2D eigenvalue weighted by Crippen LogP contribution is -2.01. The van der Waals surface area contributed by atoms with Gasteiger partial charge in [-0.3, -0.25) is 0 Å². The molecule has 0 aliphatic carbocycles. The highest BCUT2D eigenvalue weighted by Crippen LogP contribution is 2.46. The molecule has 25 heavy (non-hydrogen) atoms. The summed E-state index contributed by atoms with van der Waals surface area (Å²) in [7, 11) is 9.42. The number of rotatable bonds is 8. The maximum absolute atomic E-state index is 5.49. The minimum Gasteiger partial charge on any atom is -0.494 e. The molecule has 2 aromatic rings. The SMILES string of the molecule is COc1cc(OC)c(OC)cc1Nc1ccc(OC)c(OC)c1OC. The molecule has 136 valence electrons. The molecule has 0 heterocycles. The Labute approximate surface area is 147 Å². The third-order valence-electron chi connectivity index (χ3n) is 3.68. The number of methoxy groups -OCH3 is 6. The van der Waals surface area contributed by atoms with Crippen molar-refractivity contribution in [1.82, 2.24) is 0 Å². The first kappa shape index (κ1) is 18.4. The molecule has 0 aliphatic rings. The Bertz CT molecular complexity index is 730. The Kier molecular flexibility index (Phi) is 6.05. The fraction of sp³-hybridized carbons (Fsp3) is 0.333. The van der Waals surface area contributed by atoms with Gasteiger partial charge < -0.3 is 33.7 Å². The molecular weight excluding hydrogens is 326 g/mol. The van der Waals surface area contributed by atoms with Crippen LogP contribution in [-0.2, 0) is 0 Å². The van der Waals surface area contributed by atoms with Crippen LogP contribution in [-0.4, -0.2) is 42.7 Å². The summed E-state index contributed by atoms with van der Waals surface area (Å²) in [6.07, 6.45) is 0. The highest BCUT2D eigenvalue weighted by molar-refractivity contribution is 5.77. The molecule has 1 N–H and O–H groups in total. The van der Waals surface area contributed by atoms with Crippen molar-refractivity contribution in [2.24, 2.45) is 0 Å². The van der Waals surface area contributed by atoms with Gasteiger partial charge in [-0.15, -0.1) is 0 Å². The van der Waals surface area contributed by atoms with E-state index in [2.05, 4.69) is 5.32 Å². The van der Waals surface area contributed by atoms with Crippen LogP contribution in [0.15, 0.2) is 24.3 Å². The third-order valence-corrected chi connectivity index (χ3v) is 3.68. The summed E-state index contributed by atoms with van der Waals surface area (Å²) in [6, 6.07) is 7.15. The van der Waals surface area contributed by atoms with Gasteiger partial charge in [0.05, 0.1) is 54.0 Å². The van der Waals surface area contributed by atoms with E-state index in [-0.39, 0.29) is 0 Å². The molecule has 0 amide bonds. The van der Waals surface area contributed by atoms with Gasteiger partial charge in [0.15, 0.2) is 23.0 Å². The Morgan fingerprint density at radius 2 is 1.08 bits per heavy atom. The maximum Gasteiger partial charge on any atom is 0.205 e. The van der Waals surface area contributed by atoms with E-state index in [1.54, 1.807) is 60.9 Å².